The van der Waals surface area contributed by atoms with Crippen molar-refractivity contribution >= 4 is 28.9 Å². The minimum Gasteiger partial charge on any atom is -0.380 e. The molecule has 1 nitrogen and oxygen atoms in total. The molecule has 0 radical (unpaired) electrons. The topological polar surface area (TPSA) is 12.0 Å². The van der Waals surface area contributed by atoms with Gasteiger partial charge < -0.3 is 5.32 Å². The molecule has 0 atom stereocenters. The van der Waals surface area contributed by atoms with Crippen LogP contribution >= 0.6 is 23.2 Å². The zero-order chi connectivity index (χ0) is 13.1. The summed E-state index contributed by atoms with van der Waals surface area (Å²) in [5, 5.41) is 4.47. The zero-order valence-corrected chi connectivity index (χ0v) is 11.3. The molecule has 2 rings (SSSR count). The third-order valence-corrected chi connectivity index (χ3v) is 3.36. The van der Waals surface area contributed by atoms with Crippen LogP contribution in [0, 0.1) is 12.7 Å². The summed E-state index contributed by atoms with van der Waals surface area (Å²) in [6.07, 6.45) is 0. The lowest BCUT2D eigenvalue weighted by Gasteiger charge is -2.10. The summed E-state index contributed by atoms with van der Waals surface area (Å²) in [6, 6.07) is 9.93. The largest absolute Gasteiger partial charge is 0.380 e. The molecular formula is C14H12Cl2FN. The van der Waals surface area contributed by atoms with Crippen molar-refractivity contribution in [1.82, 2.24) is 0 Å². The van der Waals surface area contributed by atoms with E-state index >= 15 is 0 Å². The standard InChI is InChI=1S/C14H12Cl2FN/c1-9-6-13(16)14(7-12(9)15)18-8-10-2-4-11(17)5-3-10/h2-7,18H,8H2,1H3. The lowest BCUT2D eigenvalue weighted by atomic mass is 10.2. The molecular weight excluding hydrogens is 272 g/mol. The zero-order valence-electron chi connectivity index (χ0n) is 9.81. The fourth-order valence-electron chi connectivity index (χ4n) is 1.58. The van der Waals surface area contributed by atoms with Crippen molar-refractivity contribution in [3.05, 3.63) is 63.4 Å². The Morgan fingerprint density at radius 1 is 1.06 bits per heavy atom. The number of halogens is 3. The van der Waals surface area contributed by atoms with E-state index in [4.69, 9.17) is 23.2 Å². The van der Waals surface area contributed by atoms with Gasteiger partial charge in [0, 0.05) is 11.6 Å². The number of hydrogen-bond acceptors (Lipinski definition) is 1. The average molecular weight is 284 g/mol. The van der Waals surface area contributed by atoms with Crippen molar-refractivity contribution in [1.29, 1.82) is 0 Å². The van der Waals surface area contributed by atoms with E-state index in [-0.39, 0.29) is 5.82 Å². The second-order valence-electron chi connectivity index (χ2n) is 4.06. The lowest BCUT2D eigenvalue weighted by Crippen LogP contribution is -2.00. The Bertz CT molecular complexity index is 552. The van der Waals surface area contributed by atoms with Crippen LogP contribution in [0.2, 0.25) is 10.0 Å². The summed E-state index contributed by atoms with van der Waals surface area (Å²) in [4.78, 5) is 0. The molecule has 0 aromatic heterocycles. The lowest BCUT2D eigenvalue weighted by molar-refractivity contribution is 0.627. The molecule has 0 bridgehead atoms. The maximum atomic E-state index is 12.8. The normalized spacial score (nSPS) is 10.4. The number of rotatable bonds is 3. The molecule has 0 heterocycles. The van der Waals surface area contributed by atoms with Gasteiger partial charge in [0.05, 0.1) is 10.7 Å². The molecule has 1 N–H and O–H groups in total. The first-order valence-corrected chi connectivity index (χ1v) is 6.26. The minimum absolute atomic E-state index is 0.241. The Kier molecular flexibility index (Phi) is 4.10. The number of hydrogen-bond donors (Lipinski definition) is 1. The third kappa shape index (κ3) is 3.15. The second-order valence-corrected chi connectivity index (χ2v) is 4.88. The van der Waals surface area contributed by atoms with Crippen molar-refractivity contribution in [3.63, 3.8) is 0 Å². The van der Waals surface area contributed by atoms with Gasteiger partial charge in [-0.1, -0.05) is 35.3 Å². The molecule has 0 spiro atoms. The third-order valence-electron chi connectivity index (χ3n) is 2.64. The van der Waals surface area contributed by atoms with E-state index in [1.54, 1.807) is 18.2 Å². The van der Waals surface area contributed by atoms with Gasteiger partial charge in [-0.2, -0.15) is 0 Å². The van der Waals surface area contributed by atoms with Gasteiger partial charge in [0.2, 0.25) is 0 Å². The molecule has 0 amide bonds. The van der Waals surface area contributed by atoms with E-state index < -0.39 is 0 Å². The summed E-state index contributed by atoms with van der Waals surface area (Å²) in [6.45, 7) is 2.47. The summed E-state index contributed by atoms with van der Waals surface area (Å²) >= 11 is 12.2. The molecule has 0 saturated carbocycles. The fourth-order valence-corrected chi connectivity index (χ4v) is 2.03. The van der Waals surface area contributed by atoms with Crippen molar-refractivity contribution in [2.24, 2.45) is 0 Å². The van der Waals surface area contributed by atoms with Crippen LogP contribution in [-0.2, 0) is 6.54 Å². The first-order valence-electron chi connectivity index (χ1n) is 5.50. The second kappa shape index (κ2) is 5.59. The Hall–Kier alpha value is -1.25. The van der Waals surface area contributed by atoms with Crippen molar-refractivity contribution in [2.75, 3.05) is 5.32 Å². The molecule has 0 aliphatic heterocycles. The van der Waals surface area contributed by atoms with Crippen molar-refractivity contribution in [3.8, 4) is 0 Å². The number of benzene rings is 2. The van der Waals surface area contributed by atoms with Crippen molar-refractivity contribution < 1.29 is 4.39 Å². The Balaban J connectivity index is 2.10. The van der Waals surface area contributed by atoms with E-state index in [0.29, 0.717) is 16.6 Å². The van der Waals surface area contributed by atoms with E-state index in [2.05, 4.69) is 5.32 Å². The van der Waals surface area contributed by atoms with Gasteiger partial charge >= 0.3 is 0 Å². The Morgan fingerprint density at radius 2 is 1.72 bits per heavy atom. The van der Waals surface area contributed by atoms with Gasteiger partial charge in [-0.3, -0.25) is 0 Å². The molecule has 2 aromatic carbocycles. The van der Waals surface area contributed by atoms with Crippen LogP contribution in [0.1, 0.15) is 11.1 Å². The Labute approximate surface area is 116 Å². The van der Waals surface area contributed by atoms with Gasteiger partial charge in [0.1, 0.15) is 5.82 Å². The first-order chi connectivity index (χ1) is 8.56. The Morgan fingerprint density at radius 3 is 2.39 bits per heavy atom. The highest BCUT2D eigenvalue weighted by Crippen LogP contribution is 2.29. The number of anilines is 1. The van der Waals surface area contributed by atoms with E-state index in [9.17, 15) is 4.39 Å². The molecule has 2 aromatic rings. The predicted molar refractivity (Wildman–Crippen MR) is 74.9 cm³/mol. The maximum Gasteiger partial charge on any atom is 0.123 e. The highest BCUT2D eigenvalue weighted by Gasteiger charge is 2.04. The smallest absolute Gasteiger partial charge is 0.123 e. The molecule has 0 unspecified atom stereocenters. The van der Waals surface area contributed by atoms with Gasteiger partial charge in [-0.15, -0.1) is 0 Å². The quantitative estimate of drug-likeness (QED) is 0.831. The van der Waals surface area contributed by atoms with Crippen LogP contribution in [0.4, 0.5) is 10.1 Å². The molecule has 0 saturated heterocycles. The van der Waals surface area contributed by atoms with E-state index in [0.717, 1.165) is 16.8 Å². The van der Waals surface area contributed by atoms with Gasteiger partial charge in [0.25, 0.3) is 0 Å². The van der Waals surface area contributed by atoms with Gasteiger partial charge in [0.15, 0.2) is 0 Å². The van der Waals surface area contributed by atoms with Gasteiger partial charge in [-0.05, 0) is 42.3 Å². The molecule has 0 fully saturated rings. The SMILES string of the molecule is Cc1cc(Cl)c(NCc2ccc(F)cc2)cc1Cl. The van der Waals surface area contributed by atoms with Crippen LogP contribution < -0.4 is 5.32 Å². The van der Waals surface area contributed by atoms with Crippen LogP contribution in [0.5, 0.6) is 0 Å². The highest BCUT2D eigenvalue weighted by molar-refractivity contribution is 6.35. The molecule has 18 heavy (non-hydrogen) atoms. The fraction of sp³-hybridized carbons (Fsp3) is 0.143. The summed E-state index contributed by atoms with van der Waals surface area (Å²) in [5.41, 5.74) is 2.69. The number of nitrogens with one attached hydrogen (secondary N) is 1. The maximum absolute atomic E-state index is 12.8. The summed E-state index contributed by atoms with van der Waals surface area (Å²) in [5.74, 6) is -0.241. The molecule has 0 aliphatic rings. The van der Waals surface area contributed by atoms with E-state index in [1.807, 2.05) is 13.0 Å². The average Bonchev–Trinajstić information content (AvgIpc) is 2.34. The monoisotopic (exact) mass is 283 g/mol. The summed E-state index contributed by atoms with van der Waals surface area (Å²) in [7, 11) is 0. The number of aryl methyl sites for hydroxylation is 1. The van der Waals surface area contributed by atoms with Crippen molar-refractivity contribution in [2.45, 2.75) is 13.5 Å². The van der Waals surface area contributed by atoms with Gasteiger partial charge in [-0.25, -0.2) is 4.39 Å². The highest BCUT2D eigenvalue weighted by atomic mass is 35.5. The summed E-state index contributed by atoms with van der Waals surface area (Å²) < 4.78 is 12.8. The van der Waals surface area contributed by atoms with Crippen LogP contribution in [0.25, 0.3) is 0 Å². The van der Waals surface area contributed by atoms with Crippen LogP contribution in [-0.4, -0.2) is 0 Å². The molecule has 94 valence electrons. The molecule has 4 heteroatoms. The predicted octanol–water partition coefficient (Wildman–Crippen LogP) is 5.05. The first kappa shape index (κ1) is 13.2. The van der Waals surface area contributed by atoms with Crippen LogP contribution in [0.15, 0.2) is 36.4 Å². The molecule has 0 aliphatic carbocycles. The van der Waals surface area contributed by atoms with E-state index in [1.165, 1.54) is 12.1 Å². The minimum atomic E-state index is -0.241. The van der Waals surface area contributed by atoms with Crippen LogP contribution in [0.3, 0.4) is 0 Å².